The zero-order valence-corrected chi connectivity index (χ0v) is 32.6. The molecule has 11 N–H and O–H groups in total. The van der Waals surface area contributed by atoms with Crippen LogP contribution in [0.15, 0.2) is 0 Å². The van der Waals surface area contributed by atoms with Crippen LogP contribution in [-0.2, 0) is 28.8 Å². The van der Waals surface area contributed by atoms with Gasteiger partial charge in [0, 0.05) is 142 Å². The maximum absolute atomic E-state index is 12.7. The number of carbonyl (C=O) groups excluding carboxylic acids is 6. The Bertz CT molecular complexity index is 887. The molecule has 5 amide bonds. The van der Waals surface area contributed by atoms with E-state index in [1.54, 1.807) is 0 Å². The zero-order chi connectivity index (χ0) is 38.8. The number of thiol groups is 1. The van der Waals surface area contributed by atoms with Crippen molar-refractivity contribution in [2.24, 2.45) is 23.1 Å². The Labute approximate surface area is 317 Å². The molecule has 0 saturated carbocycles. The molecule has 302 valence electrons. The fourth-order valence-electron chi connectivity index (χ4n) is 5.32. The number of carbonyl (C=O) groups is 6. The van der Waals surface area contributed by atoms with Gasteiger partial charge in [0.1, 0.15) is 5.78 Å². The number of hydrogen-bond donors (Lipinski definition) is 9. The molecular formula is C35H70N10O6S. The van der Waals surface area contributed by atoms with Crippen LogP contribution < -0.4 is 43.8 Å². The van der Waals surface area contributed by atoms with Crippen molar-refractivity contribution >= 4 is 47.9 Å². The molecular weight excluding hydrogens is 689 g/mol. The Balaban J connectivity index is 4.75. The molecule has 17 heteroatoms. The third-order valence-electron chi connectivity index (χ3n) is 8.48. The highest BCUT2D eigenvalue weighted by atomic mass is 32.1. The average Bonchev–Trinajstić information content (AvgIpc) is 3.13. The predicted octanol–water partition coefficient (Wildman–Crippen LogP) is -1.14. The second-order valence-electron chi connectivity index (χ2n) is 12.9. The summed E-state index contributed by atoms with van der Waals surface area (Å²) >= 11 is 4.34. The molecule has 0 unspecified atom stereocenters. The lowest BCUT2D eigenvalue weighted by atomic mass is 9.93. The fourth-order valence-corrected chi connectivity index (χ4v) is 5.61. The molecule has 0 atom stereocenters. The van der Waals surface area contributed by atoms with Gasteiger partial charge in [0.25, 0.3) is 0 Å². The van der Waals surface area contributed by atoms with Crippen molar-refractivity contribution in [3.8, 4) is 0 Å². The Morgan fingerprint density at radius 1 is 0.500 bits per heavy atom. The number of amides is 5. The van der Waals surface area contributed by atoms with Crippen LogP contribution in [0.3, 0.4) is 0 Å². The van der Waals surface area contributed by atoms with E-state index in [1.807, 2.05) is 16.7 Å². The standard InChI is InChI=1S/C35H70N10O6S/c1-2-3-4-30(46)10-22-44(23-11-34(50)42-20-16-38)26-21-43-35(51)13-25-45(27-28-52)24-12-33(49)39-17-9-29(5-7-31(47)40-18-14-36)6-8-32(48)41-19-15-37/h29,52H,2-28,36-38H2,1H3,(H,39,49)(H,40,47)(H,41,48)(H,42,50)(H,43,51). The molecule has 0 aromatic heterocycles. The smallest absolute Gasteiger partial charge is 0.221 e. The van der Waals surface area contributed by atoms with Gasteiger partial charge in [-0.2, -0.15) is 12.6 Å². The summed E-state index contributed by atoms with van der Waals surface area (Å²) in [5, 5.41) is 14.2. The minimum atomic E-state index is -0.118. The topological polar surface area (TPSA) is 247 Å². The van der Waals surface area contributed by atoms with E-state index >= 15 is 0 Å². The maximum Gasteiger partial charge on any atom is 0.221 e. The van der Waals surface area contributed by atoms with Crippen molar-refractivity contribution in [2.75, 3.05) is 97.4 Å². The number of unbranched alkanes of at least 4 members (excludes halogenated alkanes) is 1. The van der Waals surface area contributed by atoms with Crippen LogP contribution in [0.5, 0.6) is 0 Å². The van der Waals surface area contributed by atoms with Crippen molar-refractivity contribution in [2.45, 2.75) is 84.0 Å². The first kappa shape index (κ1) is 49.2. The predicted molar refractivity (Wildman–Crippen MR) is 209 cm³/mol. The number of nitrogens with zero attached hydrogens (tertiary/aromatic N) is 2. The Kier molecular flexibility index (Phi) is 32.1. The molecule has 0 aliphatic heterocycles. The number of rotatable bonds is 35. The molecule has 0 aromatic rings. The van der Waals surface area contributed by atoms with E-state index in [1.165, 1.54) is 0 Å². The fraction of sp³-hybridized carbons (Fsp3) is 0.829. The molecule has 0 aliphatic carbocycles. The second-order valence-corrected chi connectivity index (χ2v) is 13.3. The van der Waals surface area contributed by atoms with Crippen molar-refractivity contribution in [3.05, 3.63) is 0 Å². The van der Waals surface area contributed by atoms with E-state index in [0.29, 0.717) is 142 Å². The van der Waals surface area contributed by atoms with E-state index in [2.05, 4.69) is 39.2 Å². The largest absolute Gasteiger partial charge is 0.356 e. The molecule has 0 saturated heterocycles. The summed E-state index contributed by atoms with van der Waals surface area (Å²) in [7, 11) is 0. The third-order valence-corrected chi connectivity index (χ3v) is 8.68. The van der Waals surface area contributed by atoms with Gasteiger partial charge in [-0.3, -0.25) is 28.8 Å². The lowest BCUT2D eigenvalue weighted by molar-refractivity contribution is -0.123. The summed E-state index contributed by atoms with van der Waals surface area (Å²) in [6, 6.07) is 0. The average molecular weight is 759 g/mol. The molecule has 0 aliphatic rings. The monoisotopic (exact) mass is 759 g/mol. The number of Topliss-reactive ketones (excluding diaryl/α,β-unsaturated/α-hetero) is 1. The van der Waals surface area contributed by atoms with Crippen LogP contribution in [-0.4, -0.2) is 142 Å². The van der Waals surface area contributed by atoms with E-state index in [-0.39, 0.29) is 60.5 Å². The van der Waals surface area contributed by atoms with Crippen LogP contribution in [0.25, 0.3) is 0 Å². The minimum Gasteiger partial charge on any atom is -0.356 e. The molecule has 16 nitrogen and oxygen atoms in total. The van der Waals surface area contributed by atoms with Crippen LogP contribution in [0, 0.1) is 5.92 Å². The van der Waals surface area contributed by atoms with Gasteiger partial charge in [-0.1, -0.05) is 13.3 Å². The normalized spacial score (nSPS) is 11.2. The summed E-state index contributed by atoms with van der Waals surface area (Å²) in [5.74, 6) is 0.355. The van der Waals surface area contributed by atoms with Gasteiger partial charge in [-0.15, -0.1) is 0 Å². The Morgan fingerprint density at radius 2 is 0.904 bits per heavy atom. The number of ketones is 1. The second kappa shape index (κ2) is 34.0. The van der Waals surface area contributed by atoms with E-state index < -0.39 is 0 Å². The van der Waals surface area contributed by atoms with Crippen LogP contribution >= 0.6 is 12.6 Å². The van der Waals surface area contributed by atoms with Gasteiger partial charge in [-0.05, 0) is 31.6 Å². The van der Waals surface area contributed by atoms with E-state index in [0.717, 1.165) is 12.8 Å². The SMILES string of the molecule is CCCCC(=O)CCN(CCNC(=O)CCN(CCS)CCC(=O)NCCC(CCC(=O)NCCN)CCC(=O)NCCN)CCC(=O)NCCN. The lowest BCUT2D eigenvalue weighted by Gasteiger charge is -2.23. The Morgan fingerprint density at radius 3 is 1.35 bits per heavy atom. The van der Waals surface area contributed by atoms with Crippen LogP contribution in [0.1, 0.15) is 84.0 Å². The zero-order valence-electron chi connectivity index (χ0n) is 31.7. The van der Waals surface area contributed by atoms with E-state index in [9.17, 15) is 28.8 Å². The summed E-state index contributed by atoms with van der Waals surface area (Å²) in [5.41, 5.74) is 16.4. The molecule has 52 heavy (non-hydrogen) atoms. The van der Waals surface area contributed by atoms with Crippen molar-refractivity contribution in [3.63, 3.8) is 0 Å². The first-order chi connectivity index (χ1) is 25.1. The van der Waals surface area contributed by atoms with Crippen LogP contribution in [0.4, 0.5) is 0 Å². The third kappa shape index (κ3) is 29.7. The first-order valence-electron chi connectivity index (χ1n) is 19.1. The first-order valence-corrected chi connectivity index (χ1v) is 19.7. The number of hydrogen-bond acceptors (Lipinski definition) is 12. The lowest BCUT2D eigenvalue weighted by Crippen LogP contribution is -2.40. The molecule has 0 fully saturated rings. The molecule has 0 spiro atoms. The van der Waals surface area contributed by atoms with Gasteiger partial charge in [0.05, 0.1) is 0 Å². The summed E-state index contributed by atoms with van der Waals surface area (Å²) in [4.78, 5) is 78.0. The van der Waals surface area contributed by atoms with Crippen molar-refractivity contribution < 1.29 is 28.8 Å². The molecule has 0 radical (unpaired) electrons. The van der Waals surface area contributed by atoms with Gasteiger partial charge in [-0.25, -0.2) is 0 Å². The van der Waals surface area contributed by atoms with E-state index in [4.69, 9.17) is 17.2 Å². The van der Waals surface area contributed by atoms with Gasteiger partial charge in [0.2, 0.25) is 29.5 Å². The number of nitrogens with two attached hydrogens (primary N) is 3. The van der Waals surface area contributed by atoms with Crippen molar-refractivity contribution in [1.82, 2.24) is 36.4 Å². The summed E-state index contributed by atoms with van der Waals surface area (Å²) < 4.78 is 0. The van der Waals surface area contributed by atoms with Gasteiger partial charge < -0.3 is 53.6 Å². The van der Waals surface area contributed by atoms with Crippen molar-refractivity contribution in [1.29, 1.82) is 0 Å². The minimum absolute atomic E-state index is 0.0768. The van der Waals surface area contributed by atoms with Gasteiger partial charge in [0.15, 0.2) is 0 Å². The quantitative estimate of drug-likeness (QED) is 0.0350. The molecule has 0 rings (SSSR count). The number of nitrogens with one attached hydrogen (secondary N) is 5. The van der Waals surface area contributed by atoms with Gasteiger partial charge >= 0.3 is 0 Å². The highest BCUT2D eigenvalue weighted by molar-refractivity contribution is 7.80. The Hall–Kier alpha value is -2.83. The highest BCUT2D eigenvalue weighted by Gasteiger charge is 2.16. The molecule has 0 aromatic carbocycles. The summed E-state index contributed by atoms with van der Waals surface area (Å²) in [6.45, 7) is 8.28. The summed E-state index contributed by atoms with van der Waals surface area (Å²) in [6.07, 6.45) is 6.05. The maximum atomic E-state index is 12.7. The van der Waals surface area contributed by atoms with Crippen LogP contribution in [0.2, 0.25) is 0 Å². The highest BCUT2D eigenvalue weighted by Crippen LogP contribution is 2.17. The molecule has 0 heterocycles. The molecule has 0 bridgehead atoms.